The number of benzene rings is 1. The van der Waals surface area contributed by atoms with Gasteiger partial charge in [0.2, 0.25) is 0 Å². The quantitative estimate of drug-likeness (QED) is 0.887. The summed E-state index contributed by atoms with van der Waals surface area (Å²) >= 11 is 2.93. The van der Waals surface area contributed by atoms with Gasteiger partial charge < -0.3 is 10.1 Å². The average molecular weight is 338 g/mol. The van der Waals surface area contributed by atoms with Crippen LogP contribution < -0.4 is 5.32 Å². The summed E-state index contributed by atoms with van der Waals surface area (Å²) in [5, 5.41) is 3.12. The van der Waals surface area contributed by atoms with Crippen molar-refractivity contribution in [3.8, 4) is 0 Å². The highest BCUT2D eigenvalue weighted by molar-refractivity contribution is 9.10. The summed E-state index contributed by atoms with van der Waals surface area (Å²) in [7, 11) is 0. The van der Waals surface area contributed by atoms with Crippen LogP contribution >= 0.6 is 15.9 Å². The van der Waals surface area contributed by atoms with Gasteiger partial charge in [0.25, 0.3) is 0 Å². The predicted octanol–water partition coefficient (Wildman–Crippen LogP) is 4.30. The number of hydrogen-bond acceptors (Lipinski definition) is 2. The van der Waals surface area contributed by atoms with E-state index >= 15 is 0 Å². The first-order valence-electron chi connectivity index (χ1n) is 6.09. The minimum absolute atomic E-state index is 0.0578. The van der Waals surface area contributed by atoms with Crippen LogP contribution in [-0.4, -0.2) is 19.3 Å². The monoisotopic (exact) mass is 337 g/mol. The lowest BCUT2D eigenvalue weighted by atomic mass is 10.0. The number of alkyl halides is 3. The molecule has 0 spiro atoms. The third kappa shape index (κ3) is 3.63. The topological polar surface area (TPSA) is 21.3 Å². The van der Waals surface area contributed by atoms with E-state index in [9.17, 15) is 13.2 Å². The van der Waals surface area contributed by atoms with Gasteiger partial charge in [-0.2, -0.15) is 13.2 Å². The van der Waals surface area contributed by atoms with E-state index in [-0.39, 0.29) is 10.5 Å². The molecule has 1 aromatic rings. The molecule has 1 saturated heterocycles. The van der Waals surface area contributed by atoms with Crippen molar-refractivity contribution in [1.82, 2.24) is 0 Å². The second-order valence-electron chi connectivity index (χ2n) is 4.75. The fourth-order valence-corrected chi connectivity index (χ4v) is 2.63. The lowest BCUT2D eigenvalue weighted by Gasteiger charge is -2.21. The molecule has 2 nitrogen and oxygen atoms in total. The van der Waals surface area contributed by atoms with E-state index in [1.54, 1.807) is 6.07 Å². The Kier molecular flexibility index (Phi) is 4.40. The average Bonchev–Trinajstić information content (AvgIpc) is 2.83. The highest BCUT2D eigenvalue weighted by atomic mass is 79.9. The number of anilines is 1. The summed E-state index contributed by atoms with van der Waals surface area (Å²) in [6.07, 6.45) is -3.41. The van der Waals surface area contributed by atoms with Crippen molar-refractivity contribution in [3.63, 3.8) is 0 Å². The fourth-order valence-electron chi connectivity index (χ4n) is 2.16. The van der Waals surface area contributed by atoms with Gasteiger partial charge in [-0.1, -0.05) is 15.9 Å². The fraction of sp³-hybridized carbons (Fsp3) is 0.538. The van der Waals surface area contributed by atoms with Crippen LogP contribution in [0.1, 0.15) is 18.9 Å². The van der Waals surface area contributed by atoms with Crippen LogP contribution in [0.2, 0.25) is 0 Å². The molecule has 0 aromatic heterocycles. The molecule has 0 saturated carbocycles. The van der Waals surface area contributed by atoms with Gasteiger partial charge in [0.15, 0.2) is 0 Å². The Balaban J connectivity index is 2.12. The highest BCUT2D eigenvalue weighted by Gasteiger charge is 2.33. The van der Waals surface area contributed by atoms with Crippen LogP contribution in [0.15, 0.2) is 22.7 Å². The van der Waals surface area contributed by atoms with Crippen LogP contribution in [0, 0.1) is 5.92 Å². The molecule has 1 fully saturated rings. The highest BCUT2D eigenvalue weighted by Crippen LogP contribution is 2.36. The SMILES string of the molecule is CC(Nc1ccc(Br)c(C(F)(F)F)c1)C1CCOC1. The molecule has 1 aromatic carbocycles. The molecule has 19 heavy (non-hydrogen) atoms. The molecule has 0 aliphatic carbocycles. The molecule has 2 rings (SSSR count). The second kappa shape index (κ2) is 5.71. The Labute approximate surface area is 118 Å². The number of halogens is 4. The Morgan fingerprint density at radius 2 is 2.16 bits per heavy atom. The summed E-state index contributed by atoms with van der Waals surface area (Å²) in [4.78, 5) is 0. The van der Waals surface area contributed by atoms with Crippen molar-refractivity contribution in [2.75, 3.05) is 18.5 Å². The number of hydrogen-bond donors (Lipinski definition) is 1. The minimum Gasteiger partial charge on any atom is -0.382 e. The summed E-state index contributed by atoms with van der Waals surface area (Å²) in [6.45, 7) is 3.36. The second-order valence-corrected chi connectivity index (χ2v) is 5.60. The van der Waals surface area contributed by atoms with Crippen LogP contribution in [-0.2, 0) is 10.9 Å². The van der Waals surface area contributed by atoms with Crippen LogP contribution in [0.3, 0.4) is 0 Å². The Morgan fingerprint density at radius 3 is 2.74 bits per heavy atom. The molecule has 2 unspecified atom stereocenters. The number of rotatable bonds is 3. The number of nitrogens with one attached hydrogen (secondary N) is 1. The third-order valence-corrected chi connectivity index (χ3v) is 4.03. The summed E-state index contributed by atoms with van der Waals surface area (Å²) in [6, 6.07) is 4.29. The zero-order valence-electron chi connectivity index (χ0n) is 10.4. The smallest absolute Gasteiger partial charge is 0.382 e. The van der Waals surface area contributed by atoms with Crippen molar-refractivity contribution in [2.24, 2.45) is 5.92 Å². The maximum absolute atomic E-state index is 12.8. The lowest BCUT2D eigenvalue weighted by Crippen LogP contribution is -2.26. The first-order chi connectivity index (χ1) is 8.88. The first kappa shape index (κ1) is 14.7. The Morgan fingerprint density at radius 1 is 1.42 bits per heavy atom. The summed E-state index contributed by atoms with van der Waals surface area (Å²) in [5.74, 6) is 0.345. The van der Waals surface area contributed by atoms with E-state index in [1.807, 2.05) is 6.92 Å². The van der Waals surface area contributed by atoms with Gasteiger partial charge in [-0.3, -0.25) is 0 Å². The van der Waals surface area contributed by atoms with E-state index in [1.165, 1.54) is 6.07 Å². The zero-order chi connectivity index (χ0) is 14.0. The molecule has 0 amide bonds. The molecule has 6 heteroatoms. The largest absolute Gasteiger partial charge is 0.417 e. The van der Waals surface area contributed by atoms with Crippen molar-refractivity contribution < 1.29 is 17.9 Å². The molecule has 106 valence electrons. The minimum atomic E-state index is -4.35. The van der Waals surface area contributed by atoms with Crippen LogP contribution in [0.5, 0.6) is 0 Å². The van der Waals surface area contributed by atoms with Gasteiger partial charge in [0.05, 0.1) is 12.2 Å². The van der Waals surface area contributed by atoms with Crippen LogP contribution in [0.25, 0.3) is 0 Å². The van der Waals surface area contributed by atoms with E-state index in [2.05, 4.69) is 21.2 Å². The Hall–Kier alpha value is -0.750. The van der Waals surface area contributed by atoms with Crippen LogP contribution in [0.4, 0.5) is 18.9 Å². The lowest BCUT2D eigenvalue weighted by molar-refractivity contribution is -0.138. The van der Waals surface area contributed by atoms with E-state index in [0.717, 1.165) is 19.1 Å². The van der Waals surface area contributed by atoms with Crippen molar-refractivity contribution in [2.45, 2.75) is 25.6 Å². The zero-order valence-corrected chi connectivity index (χ0v) is 12.0. The molecular weight excluding hydrogens is 323 g/mol. The normalized spacial score (nSPS) is 21.4. The molecular formula is C13H15BrF3NO. The summed E-state index contributed by atoms with van der Waals surface area (Å²) < 4.78 is 43.7. The number of ether oxygens (including phenoxy) is 1. The van der Waals surface area contributed by atoms with Crippen molar-refractivity contribution >= 4 is 21.6 Å². The maximum atomic E-state index is 12.8. The van der Waals surface area contributed by atoms with E-state index in [0.29, 0.717) is 18.2 Å². The third-order valence-electron chi connectivity index (χ3n) is 3.34. The van der Waals surface area contributed by atoms with Crippen molar-refractivity contribution in [3.05, 3.63) is 28.2 Å². The molecule has 1 N–H and O–H groups in total. The molecule has 2 atom stereocenters. The molecule has 0 bridgehead atoms. The van der Waals surface area contributed by atoms with Gasteiger partial charge in [-0.15, -0.1) is 0 Å². The van der Waals surface area contributed by atoms with E-state index < -0.39 is 11.7 Å². The standard InChI is InChI=1S/C13H15BrF3NO/c1-8(9-4-5-19-7-9)18-10-2-3-12(14)11(6-10)13(15,16)17/h2-3,6,8-9,18H,4-5,7H2,1H3. The summed E-state index contributed by atoms with van der Waals surface area (Å²) in [5.41, 5.74) is -0.178. The maximum Gasteiger partial charge on any atom is 0.417 e. The molecule has 1 aliphatic rings. The molecule has 1 aliphatic heterocycles. The molecule has 0 radical (unpaired) electrons. The van der Waals surface area contributed by atoms with Gasteiger partial charge in [0, 0.05) is 28.7 Å². The van der Waals surface area contributed by atoms with Gasteiger partial charge in [-0.05, 0) is 31.5 Å². The van der Waals surface area contributed by atoms with Gasteiger partial charge >= 0.3 is 6.18 Å². The van der Waals surface area contributed by atoms with Gasteiger partial charge in [0.1, 0.15) is 0 Å². The van der Waals surface area contributed by atoms with Gasteiger partial charge in [-0.25, -0.2) is 0 Å². The Bertz CT molecular complexity index is 444. The van der Waals surface area contributed by atoms with Crippen molar-refractivity contribution in [1.29, 1.82) is 0 Å². The first-order valence-corrected chi connectivity index (χ1v) is 6.88. The predicted molar refractivity (Wildman–Crippen MR) is 71.2 cm³/mol. The van der Waals surface area contributed by atoms with E-state index in [4.69, 9.17) is 4.74 Å². The molecule has 1 heterocycles.